The number of likely N-dealkylation sites (tertiary alicyclic amines) is 1. The van der Waals surface area contributed by atoms with Crippen molar-refractivity contribution in [2.24, 2.45) is 5.41 Å². The van der Waals surface area contributed by atoms with Gasteiger partial charge in [-0.1, -0.05) is 0 Å². The second-order valence-electron chi connectivity index (χ2n) is 4.36. The van der Waals surface area contributed by atoms with Gasteiger partial charge in [0.2, 0.25) is 0 Å². The lowest BCUT2D eigenvalue weighted by Gasteiger charge is -2.54. The molecule has 3 unspecified atom stereocenters. The van der Waals surface area contributed by atoms with Gasteiger partial charge in [0.15, 0.2) is 0 Å². The summed E-state index contributed by atoms with van der Waals surface area (Å²) in [5.74, 6) is 0.430. The molecule has 66 valence electrons. The first-order valence-corrected chi connectivity index (χ1v) is 4.55. The fraction of sp³-hybridized carbons (Fsp3) is 0.889. The van der Waals surface area contributed by atoms with Gasteiger partial charge in [-0.25, -0.2) is 0 Å². The summed E-state index contributed by atoms with van der Waals surface area (Å²) in [5.41, 5.74) is 0.242. The monoisotopic (exact) mass is 167 g/mol. The third kappa shape index (κ3) is 0.559. The summed E-state index contributed by atoms with van der Waals surface area (Å²) in [4.78, 5) is 13.6. The Kier molecular flexibility index (Phi) is 1.12. The van der Waals surface area contributed by atoms with E-state index in [4.69, 9.17) is 4.74 Å². The maximum absolute atomic E-state index is 11.3. The summed E-state index contributed by atoms with van der Waals surface area (Å²) in [6, 6.07) is 1.03. The molecule has 3 atom stereocenters. The maximum atomic E-state index is 11.3. The Morgan fingerprint density at radius 1 is 1.58 bits per heavy atom. The van der Waals surface area contributed by atoms with Crippen molar-refractivity contribution in [3.05, 3.63) is 0 Å². The largest absolute Gasteiger partial charge is 0.379 e. The van der Waals surface area contributed by atoms with Gasteiger partial charge >= 0.3 is 0 Å². The molecule has 12 heavy (non-hydrogen) atoms. The number of hydrogen-bond donors (Lipinski definition) is 0. The number of nitrogens with zero attached hydrogens (tertiary/aromatic N) is 1. The predicted octanol–water partition coefficient (Wildman–Crippen LogP) is 0.0485. The van der Waals surface area contributed by atoms with E-state index in [9.17, 15) is 4.79 Å². The Hall–Kier alpha value is -0.410. The zero-order valence-corrected chi connectivity index (χ0v) is 7.25. The molecule has 3 nitrogen and oxygen atoms in total. The average Bonchev–Trinajstić information content (AvgIpc) is 2.54. The topological polar surface area (TPSA) is 29.5 Å². The summed E-state index contributed by atoms with van der Waals surface area (Å²) in [7, 11) is 2.11. The van der Waals surface area contributed by atoms with Crippen molar-refractivity contribution in [1.82, 2.24) is 4.90 Å². The van der Waals surface area contributed by atoms with Gasteiger partial charge in [0.25, 0.3) is 0 Å². The van der Waals surface area contributed by atoms with E-state index in [1.165, 1.54) is 0 Å². The number of ether oxygens (including phenoxy) is 1. The van der Waals surface area contributed by atoms with Crippen molar-refractivity contribution in [3.63, 3.8) is 0 Å². The van der Waals surface area contributed by atoms with Crippen LogP contribution in [0.15, 0.2) is 0 Å². The predicted molar refractivity (Wildman–Crippen MR) is 42.8 cm³/mol. The highest BCUT2D eigenvalue weighted by Crippen LogP contribution is 2.55. The smallest absolute Gasteiger partial charge is 0.135 e. The van der Waals surface area contributed by atoms with E-state index in [0.717, 1.165) is 26.1 Å². The van der Waals surface area contributed by atoms with Crippen LogP contribution in [-0.2, 0) is 9.53 Å². The van der Waals surface area contributed by atoms with Crippen LogP contribution in [0.1, 0.15) is 12.8 Å². The Balaban J connectivity index is 1.97. The average molecular weight is 167 g/mol. The van der Waals surface area contributed by atoms with Crippen molar-refractivity contribution in [2.45, 2.75) is 24.9 Å². The Labute approximate surface area is 71.7 Å². The molecule has 1 saturated carbocycles. The molecule has 0 amide bonds. The Morgan fingerprint density at radius 2 is 2.42 bits per heavy atom. The minimum Gasteiger partial charge on any atom is -0.379 e. The van der Waals surface area contributed by atoms with Crippen LogP contribution in [-0.4, -0.2) is 43.0 Å². The number of rotatable bonds is 0. The van der Waals surface area contributed by atoms with E-state index >= 15 is 0 Å². The summed E-state index contributed by atoms with van der Waals surface area (Å²) in [5, 5.41) is 0. The van der Waals surface area contributed by atoms with Gasteiger partial charge in [-0.15, -0.1) is 0 Å². The number of carbonyl (C=O) groups is 1. The van der Waals surface area contributed by atoms with Crippen LogP contribution in [0.4, 0.5) is 0 Å². The van der Waals surface area contributed by atoms with Gasteiger partial charge in [0, 0.05) is 30.3 Å². The highest BCUT2D eigenvalue weighted by atomic mass is 16.5. The summed E-state index contributed by atoms with van der Waals surface area (Å²) < 4.78 is 5.46. The SMILES string of the molecule is CN1C2COCC23CC(=O)CC13. The van der Waals surface area contributed by atoms with Crippen molar-refractivity contribution >= 4 is 5.78 Å². The molecule has 0 N–H and O–H groups in total. The lowest BCUT2D eigenvalue weighted by Crippen LogP contribution is -2.66. The third-order valence-electron chi connectivity index (χ3n) is 3.90. The molecule has 0 aromatic heterocycles. The fourth-order valence-corrected chi connectivity index (χ4v) is 3.29. The van der Waals surface area contributed by atoms with E-state index in [1.54, 1.807) is 0 Å². The van der Waals surface area contributed by atoms with Gasteiger partial charge in [-0.3, -0.25) is 9.69 Å². The summed E-state index contributed by atoms with van der Waals surface area (Å²) in [6.45, 7) is 1.65. The van der Waals surface area contributed by atoms with Gasteiger partial charge in [0.1, 0.15) is 5.78 Å². The molecule has 3 heteroatoms. The molecule has 0 radical (unpaired) electrons. The molecular formula is C9H13NO2. The van der Waals surface area contributed by atoms with Crippen LogP contribution < -0.4 is 0 Å². The number of carbonyl (C=O) groups excluding carboxylic acids is 1. The molecule has 3 rings (SSSR count). The minimum atomic E-state index is 0.242. The number of likely N-dealkylation sites (N-methyl/N-ethyl adjacent to an activating group) is 1. The van der Waals surface area contributed by atoms with Crippen LogP contribution in [0.25, 0.3) is 0 Å². The van der Waals surface area contributed by atoms with Crippen molar-refractivity contribution in [2.75, 3.05) is 20.3 Å². The summed E-state index contributed by atoms with van der Waals surface area (Å²) in [6.07, 6.45) is 1.53. The van der Waals surface area contributed by atoms with E-state index in [-0.39, 0.29) is 5.41 Å². The molecule has 2 heterocycles. The molecule has 0 bridgehead atoms. The van der Waals surface area contributed by atoms with E-state index < -0.39 is 0 Å². The molecule has 1 aliphatic carbocycles. The normalized spacial score (nSPS) is 51.9. The summed E-state index contributed by atoms with van der Waals surface area (Å²) >= 11 is 0. The highest BCUT2D eigenvalue weighted by Gasteiger charge is 2.66. The first-order valence-electron chi connectivity index (χ1n) is 4.55. The number of ketones is 1. The van der Waals surface area contributed by atoms with E-state index in [2.05, 4.69) is 11.9 Å². The van der Waals surface area contributed by atoms with Gasteiger partial charge < -0.3 is 4.74 Å². The fourth-order valence-electron chi connectivity index (χ4n) is 3.29. The Bertz CT molecular complexity index is 253. The van der Waals surface area contributed by atoms with Gasteiger partial charge in [0.05, 0.1) is 13.2 Å². The zero-order valence-electron chi connectivity index (χ0n) is 7.25. The molecule has 3 fully saturated rings. The van der Waals surface area contributed by atoms with Crippen LogP contribution in [0.3, 0.4) is 0 Å². The number of hydrogen-bond acceptors (Lipinski definition) is 3. The standard InChI is InChI=1S/C9H13NO2/c1-10-7-2-6(11)3-9(7)5-12-4-8(9)10/h7-8H,2-5H2,1H3. The highest BCUT2D eigenvalue weighted by molar-refractivity contribution is 5.84. The van der Waals surface area contributed by atoms with Crippen LogP contribution in [0.2, 0.25) is 0 Å². The van der Waals surface area contributed by atoms with E-state index in [1.807, 2.05) is 0 Å². The van der Waals surface area contributed by atoms with Crippen molar-refractivity contribution in [3.8, 4) is 0 Å². The van der Waals surface area contributed by atoms with Crippen molar-refractivity contribution < 1.29 is 9.53 Å². The van der Waals surface area contributed by atoms with Gasteiger partial charge in [-0.2, -0.15) is 0 Å². The molecule has 3 aliphatic rings. The first-order chi connectivity index (χ1) is 5.74. The molecule has 0 aromatic rings. The van der Waals surface area contributed by atoms with Crippen molar-refractivity contribution in [1.29, 1.82) is 0 Å². The Morgan fingerprint density at radius 3 is 3.25 bits per heavy atom. The quantitative estimate of drug-likeness (QED) is 0.510. The van der Waals surface area contributed by atoms with Crippen LogP contribution in [0, 0.1) is 5.41 Å². The molecule has 1 spiro atoms. The molecule has 2 saturated heterocycles. The third-order valence-corrected chi connectivity index (χ3v) is 3.90. The lowest BCUT2D eigenvalue weighted by molar-refractivity contribution is -0.118. The lowest BCUT2D eigenvalue weighted by atomic mass is 9.69. The van der Waals surface area contributed by atoms with E-state index in [0.29, 0.717) is 17.9 Å². The number of Topliss-reactive ketones (excluding diaryl/α,β-unsaturated/α-hetero) is 1. The zero-order chi connectivity index (χ0) is 8.34. The van der Waals surface area contributed by atoms with Crippen LogP contribution >= 0.6 is 0 Å². The minimum absolute atomic E-state index is 0.242. The van der Waals surface area contributed by atoms with Gasteiger partial charge in [-0.05, 0) is 7.05 Å². The maximum Gasteiger partial charge on any atom is 0.135 e. The molecule has 2 aliphatic heterocycles. The molecular weight excluding hydrogens is 154 g/mol. The second-order valence-corrected chi connectivity index (χ2v) is 4.36. The first kappa shape index (κ1) is 7.04. The van der Waals surface area contributed by atoms with Crippen LogP contribution in [0.5, 0.6) is 0 Å². The molecule has 0 aromatic carbocycles. The second kappa shape index (κ2) is 1.91.